The van der Waals surface area contributed by atoms with Crippen LogP contribution in [0.25, 0.3) is 10.2 Å². The van der Waals surface area contributed by atoms with Crippen molar-refractivity contribution in [2.24, 2.45) is 0 Å². The molecular formula is C21H24N4O2S. The molecule has 2 aromatic heterocycles. The first-order valence-corrected chi connectivity index (χ1v) is 10.4. The molecule has 3 heterocycles. The summed E-state index contributed by atoms with van der Waals surface area (Å²) in [6.45, 7) is 9.05. The van der Waals surface area contributed by atoms with Gasteiger partial charge in [-0.25, -0.2) is 9.97 Å². The molecule has 0 radical (unpaired) electrons. The lowest BCUT2D eigenvalue weighted by atomic mass is 10.1. The average molecular weight is 397 g/mol. The molecule has 1 fully saturated rings. The lowest BCUT2D eigenvalue weighted by molar-refractivity contribution is 0.103. The lowest BCUT2D eigenvalue weighted by Crippen LogP contribution is -2.36. The van der Waals surface area contributed by atoms with Gasteiger partial charge in [-0.15, -0.1) is 11.3 Å². The molecule has 1 aliphatic heterocycles. The third-order valence-electron chi connectivity index (χ3n) is 5.04. The molecule has 1 aliphatic rings. The van der Waals surface area contributed by atoms with E-state index in [0.29, 0.717) is 18.1 Å². The Morgan fingerprint density at radius 1 is 1.21 bits per heavy atom. The van der Waals surface area contributed by atoms with Gasteiger partial charge in [0.15, 0.2) is 0 Å². The topological polar surface area (TPSA) is 67.4 Å². The SMILES string of the molecule is CCc1nc(C)c2c(C)c(C(=O)Nc3ccccc3N3CCOCC3)sc2n1. The number of ether oxygens (including phenoxy) is 1. The Labute approximate surface area is 168 Å². The minimum Gasteiger partial charge on any atom is -0.378 e. The highest BCUT2D eigenvalue weighted by Gasteiger charge is 2.21. The van der Waals surface area contributed by atoms with Crippen LogP contribution in [0.15, 0.2) is 24.3 Å². The van der Waals surface area contributed by atoms with Gasteiger partial charge in [0, 0.05) is 30.6 Å². The molecule has 7 heteroatoms. The summed E-state index contributed by atoms with van der Waals surface area (Å²) >= 11 is 1.44. The van der Waals surface area contributed by atoms with Gasteiger partial charge in [0.25, 0.3) is 5.91 Å². The normalized spacial score (nSPS) is 14.5. The zero-order chi connectivity index (χ0) is 19.7. The fourth-order valence-electron chi connectivity index (χ4n) is 3.61. The van der Waals surface area contributed by atoms with Crippen LogP contribution < -0.4 is 10.2 Å². The van der Waals surface area contributed by atoms with Crippen molar-refractivity contribution in [1.82, 2.24) is 9.97 Å². The number of nitrogens with zero attached hydrogens (tertiary/aromatic N) is 3. The summed E-state index contributed by atoms with van der Waals surface area (Å²) in [4.78, 5) is 26.1. The fourth-order valence-corrected chi connectivity index (χ4v) is 4.75. The number of hydrogen-bond acceptors (Lipinski definition) is 6. The molecule has 3 aromatic rings. The largest absolute Gasteiger partial charge is 0.378 e. The van der Waals surface area contributed by atoms with Gasteiger partial charge in [0.05, 0.1) is 29.5 Å². The van der Waals surface area contributed by atoms with Crippen molar-refractivity contribution in [3.8, 4) is 0 Å². The first-order chi connectivity index (χ1) is 13.6. The molecule has 0 bridgehead atoms. The van der Waals surface area contributed by atoms with Crippen molar-refractivity contribution in [2.45, 2.75) is 27.2 Å². The monoisotopic (exact) mass is 396 g/mol. The molecule has 0 aliphatic carbocycles. The number of rotatable bonds is 4. The van der Waals surface area contributed by atoms with Crippen LogP contribution >= 0.6 is 11.3 Å². The smallest absolute Gasteiger partial charge is 0.266 e. The Bertz CT molecular complexity index is 1020. The van der Waals surface area contributed by atoms with Gasteiger partial charge in [0.1, 0.15) is 10.7 Å². The number of benzene rings is 1. The number of carbonyl (C=O) groups excluding carboxylic acids is 1. The van der Waals surface area contributed by atoms with Crippen LogP contribution in [0.2, 0.25) is 0 Å². The van der Waals surface area contributed by atoms with Crippen molar-refractivity contribution in [3.05, 3.63) is 46.2 Å². The minimum atomic E-state index is -0.0985. The quantitative estimate of drug-likeness (QED) is 0.723. The number of hydrogen-bond donors (Lipinski definition) is 1. The maximum absolute atomic E-state index is 13.1. The number of morpholine rings is 1. The van der Waals surface area contributed by atoms with Gasteiger partial charge >= 0.3 is 0 Å². The number of aromatic nitrogens is 2. The van der Waals surface area contributed by atoms with Crippen LogP contribution in [0.3, 0.4) is 0 Å². The Balaban J connectivity index is 1.66. The Morgan fingerprint density at radius 2 is 1.96 bits per heavy atom. The second-order valence-electron chi connectivity index (χ2n) is 6.89. The van der Waals surface area contributed by atoms with E-state index in [1.165, 1.54) is 11.3 Å². The molecule has 1 aromatic carbocycles. The van der Waals surface area contributed by atoms with Crippen LogP contribution in [0.1, 0.15) is 33.7 Å². The summed E-state index contributed by atoms with van der Waals surface area (Å²) in [5.74, 6) is 0.717. The number of aryl methyl sites for hydroxylation is 3. The molecule has 6 nitrogen and oxygen atoms in total. The zero-order valence-electron chi connectivity index (χ0n) is 16.4. The first kappa shape index (κ1) is 18.8. The molecule has 0 unspecified atom stereocenters. The zero-order valence-corrected chi connectivity index (χ0v) is 17.2. The first-order valence-electron chi connectivity index (χ1n) is 9.58. The highest BCUT2D eigenvalue weighted by Crippen LogP contribution is 2.33. The number of amides is 1. The maximum Gasteiger partial charge on any atom is 0.266 e. The number of para-hydroxylation sites is 2. The molecule has 28 heavy (non-hydrogen) atoms. The third kappa shape index (κ3) is 3.47. The summed E-state index contributed by atoms with van der Waals surface area (Å²) in [6, 6.07) is 7.93. The highest BCUT2D eigenvalue weighted by atomic mass is 32.1. The van der Waals surface area contributed by atoms with E-state index in [0.717, 1.165) is 58.2 Å². The Hall–Kier alpha value is -2.51. The van der Waals surface area contributed by atoms with Gasteiger partial charge in [-0.05, 0) is 31.5 Å². The number of carbonyl (C=O) groups is 1. The molecule has 0 atom stereocenters. The van der Waals surface area contributed by atoms with E-state index in [9.17, 15) is 4.79 Å². The second-order valence-corrected chi connectivity index (χ2v) is 7.88. The van der Waals surface area contributed by atoms with E-state index in [-0.39, 0.29) is 5.91 Å². The molecule has 1 amide bonds. The number of fused-ring (bicyclic) bond motifs is 1. The molecule has 0 saturated carbocycles. The number of nitrogens with one attached hydrogen (secondary N) is 1. The van der Waals surface area contributed by atoms with Gasteiger partial charge in [0.2, 0.25) is 0 Å². The summed E-state index contributed by atoms with van der Waals surface area (Å²) < 4.78 is 5.45. The van der Waals surface area contributed by atoms with E-state index in [2.05, 4.69) is 20.2 Å². The number of thiophene rings is 1. The van der Waals surface area contributed by atoms with Crippen LogP contribution in [0.4, 0.5) is 11.4 Å². The van der Waals surface area contributed by atoms with E-state index >= 15 is 0 Å². The van der Waals surface area contributed by atoms with E-state index < -0.39 is 0 Å². The van der Waals surface area contributed by atoms with Gasteiger partial charge < -0.3 is 15.0 Å². The van der Waals surface area contributed by atoms with Crippen LogP contribution in [0, 0.1) is 13.8 Å². The molecule has 1 saturated heterocycles. The van der Waals surface area contributed by atoms with Crippen molar-refractivity contribution in [3.63, 3.8) is 0 Å². The van der Waals surface area contributed by atoms with Crippen LogP contribution in [-0.2, 0) is 11.2 Å². The van der Waals surface area contributed by atoms with Gasteiger partial charge in [-0.3, -0.25) is 4.79 Å². The van der Waals surface area contributed by atoms with Crippen molar-refractivity contribution in [1.29, 1.82) is 0 Å². The average Bonchev–Trinajstić information content (AvgIpc) is 3.06. The highest BCUT2D eigenvalue weighted by molar-refractivity contribution is 7.20. The Morgan fingerprint density at radius 3 is 2.71 bits per heavy atom. The predicted octanol–water partition coefficient (Wildman–Crippen LogP) is 3.96. The standard InChI is InChI=1S/C21H24N4O2S/c1-4-17-22-14(3)18-13(2)19(28-21(18)24-17)20(26)23-15-7-5-6-8-16(15)25-9-11-27-12-10-25/h5-8H,4,9-12H2,1-3H3,(H,23,26). The summed E-state index contributed by atoms with van der Waals surface area (Å²) in [6.07, 6.45) is 0.780. The second kappa shape index (κ2) is 7.85. The van der Waals surface area contributed by atoms with E-state index in [4.69, 9.17) is 4.74 Å². The van der Waals surface area contributed by atoms with Gasteiger partial charge in [-0.1, -0.05) is 19.1 Å². The van der Waals surface area contributed by atoms with Crippen LogP contribution in [-0.4, -0.2) is 42.2 Å². The van der Waals surface area contributed by atoms with Crippen molar-refractivity contribution in [2.75, 3.05) is 36.5 Å². The predicted molar refractivity (Wildman–Crippen MR) is 114 cm³/mol. The molecule has 0 spiro atoms. The van der Waals surface area contributed by atoms with Gasteiger partial charge in [-0.2, -0.15) is 0 Å². The van der Waals surface area contributed by atoms with Crippen molar-refractivity contribution < 1.29 is 9.53 Å². The molecule has 1 N–H and O–H groups in total. The Kier molecular flexibility index (Phi) is 5.28. The van der Waals surface area contributed by atoms with Crippen LogP contribution in [0.5, 0.6) is 0 Å². The minimum absolute atomic E-state index is 0.0985. The lowest BCUT2D eigenvalue weighted by Gasteiger charge is -2.30. The van der Waals surface area contributed by atoms with Crippen molar-refractivity contribution >= 4 is 38.8 Å². The summed E-state index contributed by atoms with van der Waals surface area (Å²) in [5, 5.41) is 4.11. The summed E-state index contributed by atoms with van der Waals surface area (Å²) in [5.41, 5.74) is 3.73. The van der Waals surface area contributed by atoms with E-state index in [1.807, 2.05) is 45.0 Å². The molecule has 4 rings (SSSR count). The van der Waals surface area contributed by atoms with E-state index in [1.54, 1.807) is 0 Å². The third-order valence-corrected chi connectivity index (χ3v) is 6.23. The number of anilines is 2. The maximum atomic E-state index is 13.1. The fraction of sp³-hybridized carbons (Fsp3) is 0.381. The summed E-state index contributed by atoms with van der Waals surface area (Å²) in [7, 11) is 0. The molecular weight excluding hydrogens is 372 g/mol. The molecule has 146 valence electrons.